The molecule has 0 aliphatic heterocycles. The number of rotatable bonds is 9. The number of benzene rings is 1. The summed E-state index contributed by atoms with van der Waals surface area (Å²) in [5.74, 6) is 1.81. The molecule has 0 radical (unpaired) electrons. The highest BCUT2D eigenvalue weighted by Crippen LogP contribution is 2.27. The molecule has 1 aromatic heterocycles. The zero-order valence-electron chi connectivity index (χ0n) is 14.2. The van der Waals surface area contributed by atoms with Crippen LogP contribution in [0.1, 0.15) is 25.0 Å². The lowest BCUT2D eigenvalue weighted by atomic mass is 10.1. The molecule has 1 aromatic carbocycles. The van der Waals surface area contributed by atoms with E-state index in [1.165, 1.54) is 12.8 Å². The Hall–Kier alpha value is -2.14. The van der Waals surface area contributed by atoms with E-state index in [1.54, 1.807) is 4.90 Å². The van der Waals surface area contributed by atoms with Gasteiger partial charge in [0.1, 0.15) is 11.5 Å². The SMILES string of the molecule is CN(CCCc1cc(-c2ccccc2)no1)C(=O)CNCC1CC1. The minimum atomic E-state index is 0.151. The Bertz CT molecular complexity index is 650. The molecule has 1 fully saturated rings. The summed E-state index contributed by atoms with van der Waals surface area (Å²) in [6.07, 6.45) is 4.26. The number of carbonyl (C=O) groups is 1. The molecule has 1 saturated carbocycles. The molecule has 1 aliphatic carbocycles. The first-order chi connectivity index (χ1) is 11.7. The zero-order valence-corrected chi connectivity index (χ0v) is 14.2. The monoisotopic (exact) mass is 327 g/mol. The minimum Gasteiger partial charge on any atom is -0.361 e. The molecular formula is C19H25N3O2. The summed E-state index contributed by atoms with van der Waals surface area (Å²) in [6.45, 7) is 2.14. The van der Waals surface area contributed by atoms with Crippen molar-refractivity contribution in [1.29, 1.82) is 0 Å². The highest BCUT2D eigenvalue weighted by molar-refractivity contribution is 5.77. The van der Waals surface area contributed by atoms with Gasteiger partial charge in [-0.15, -0.1) is 0 Å². The number of carbonyl (C=O) groups excluding carboxylic acids is 1. The van der Waals surface area contributed by atoms with Crippen molar-refractivity contribution in [3.05, 3.63) is 42.2 Å². The number of amides is 1. The summed E-state index contributed by atoms with van der Waals surface area (Å²) in [6, 6.07) is 12.0. The van der Waals surface area contributed by atoms with E-state index in [4.69, 9.17) is 4.52 Å². The van der Waals surface area contributed by atoms with Crippen LogP contribution in [0.3, 0.4) is 0 Å². The van der Waals surface area contributed by atoms with Gasteiger partial charge >= 0.3 is 0 Å². The first kappa shape index (κ1) is 16.7. The number of nitrogens with zero attached hydrogens (tertiary/aromatic N) is 2. The van der Waals surface area contributed by atoms with Crippen molar-refractivity contribution < 1.29 is 9.32 Å². The molecule has 5 heteroatoms. The molecular weight excluding hydrogens is 302 g/mol. The number of hydrogen-bond acceptors (Lipinski definition) is 4. The van der Waals surface area contributed by atoms with Crippen molar-refractivity contribution in [3.8, 4) is 11.3 Å². The van der Waals surface area contributed by atoms with E-state index < -0.39 is 0 Å². The second-order valence-electron chi connectivity index (χ2n) is 6.54. The van der Waals surface area contributed by atoms with Crippen LogP contribution in [0, 0.1) is 5.92 Å². The summed E-state index contributed by atoms with van der Waals surface area (Å²) in [5, 5.41) is 7.35. The number of hydrogen-bond donors (Lipinski definition) is 1. The minimum absolute atomic E-state index is 0.151. The van der Waals surface area contributed by atoms with Gasteiger partial charge in [-0.2, -0.15) is 0 Å². The van der Waals surface area contributed by atoms with Crippen molar-refractivity contribution in [2.45, 2.75) is 25.7 Å². The molecule has 128 valence electrons. The number of aromatic nitrogens is 1. The Balaban J connectivity index is 1.38. The summed E-state index contributed by atoms with van der Waals surface area (Å²) in [7, 11) is 1.86. The zero-order chi connectivity index (χ0) is 16.8. The first-order valence-corrected chi connectivity index (χ1v) is 8.68. The third kappa shape index (κ3) is 4.93. The van der Waals surface area contributed by atoms with Crippen molar-refractivity contribution in [2.24, 2.45) is 5.92 Å². The Labute approximate surface area is 143 Å². The molecule has 2 aromatic rings. The lowest BCUT2D eigenvalue weighted by Crippen LogP contribution is -2.36. The maximum atomic E-state index is 12.0. The van der Waals surface area contributed by atoms with Gasteiger partial charge in [-0.25, -0.2) is 0 Å². The van der Waals surface area contributed by atoms with E-state index in [0.29, 0.717) is 6.54 Å². The second kappa shape index (κ2) is 8.11. The fraction of sp³-hybridized carbons (Fsp3) is 0.474. The molecule has 1 N–H and O–H groups in total. The van der Waals surface area contributed by atoms with Crippen LogP contribution in [0.5, 0.6) is 0 Å². The lowest BCUT2D eigenvalue weighted by molar-refractivity contribution is -0.129. The molecule has 0 unspecified atom stereocenters. The molecule has 3 rings (SSSR count). The average Bonchev–Trinajstić information content (AvgIpc) is 3.31. The van der Waals surface area contributed by atoms with Gasteiger partial charge in [-0.3, -0.25) is 4.79 Å². The van der Waals surface area contributed by atoms with Gasteiger partial charge in [0.15, 0.2) is 0 Å². The van der Waals surface area contributed by atoms with E-state index in [0.717, 1.165) is 48.9 Å². The van der Waals surface area contributed by atoms with Gasteiger partial charge in [0.25, 0.3) is 0 Å². The summed E-state index contributed by atoms with van der Waals surface area (Å²) < 4.78 is 5.39. The van der Waals surface area contributed by atoms with Gasteiger partial charge in [-0.1, -0.05) is 35.5 Å². The molecule has 5 nitrogen and oxygen atoms in total. The molecule has 0 atom stereocenters. The van der Waals surface area contributed by atoms with Crippen LogP contribution in [0.4, 0.5) is 0 Å². The van der Waals surface area contributed by atoms with E-state index in [9.17, 15) is 4.79 Å². The molecule has 24 heavy (non-hydrogen) atoms. The van der Waals surface area contributed by atoms with Crippen LogP contribution in [0.15, 0.2) is 40.9 Å². The van der Waals surface area contributed by atoms with Crippen LogP contribution in [-0.2, 0) is 11.2 Å². The van der Waals surface area contributed by atoms with Crippen LogP contribution in [0.2, 0.25) is 0 Å². The average molecular weight is 327 g/mol. The van der Waals surface area contributed by atoms with Gasteiger partial charge in [0.2, 0.25) is 5.91 Å². The lowest BCUT2D eigenvalue weighted by Gasteiger charge is -2.17. The maximum Gasteiger partial charge on any atom is 0.236 e. The highest BCUT2D eigenvalue weighted by atomic mass is 16.5. The number of aryl methyl sites for hydroxylation is 1. The van der Waals surface area contributed by atoms with Crippen molar-refractivity contribution in [3.63, 3.8) is 0 Å². The molecule has 0 spiro atoms. The largest absolute Gasteiger partial charge is 0.361 e. The number of likely N-dealkylation sites (N-methyl/N-ethyl adjacent to an activating group) is 1. The quantitative estimate of drug-likeness (QED) is 0.769. The Kier molecular flexibility index (Phi) is 5.64. The van der Waals surface area contributed by atoms with Gasteiger partial charge in [-0.05, 0) is 31.7 Å². The Morgan fingerprint density at radius 1 is 1.33 bits per heavy atom. The molecule has 0 bridgehead atoms. The van der Waals surface area contributed by atoms with Crippen LogP contribution in [0.25, 0.3) is 11.3 Å². The maximum absolute atomic E-state index is 12.0. The van der Waals surface area contributed by atoms with E-state index in [1.807, 2.05) is 43.4 Å². The Morgan fingerprint density at radius 3 is 2.88 bits per heavy atom. The summed E-state index contributed by atoms with van der Waals surface area (Å²) in [4.78, 5) is 13.8. The van der Waals surface area contributed by atoms with Crippen LogP contribution in [-0.4, -0.2) is 42.6 Å². The van der Waals surface area contributed by atoms with Crippen LogP contribution >= 0.6 is 0 Å². The smallest absolute Gasteiger partial charge is 0.236 e. The summed E-state index contributed by atoms with van der Waals surface area (Å²) >= 11 is 0. The highest BCUT2D eigenvalue weighted by Gasteiger charge is 2.21. The van der Waals surface area contributed by atoms with Crippen molar-refractivity contribution in [2.75, 3.05) is 26.7 Å². The number of nitrogens with one attached hydrogen (secondary N) is 1. The predicted octanol–water partition coefficient (Wildman–Crippen LogP) is 2.73. The molecule has 1 aliphatic rings. The molecule has 1 amide bonds. The fourth-order valence-electron chi connectivity index (χ4n) is 2.63. The third-order valence-electron chi connectivity index (χ3n) is 4.38. The first-order valence-electron chi connectivity index (χ1n) is 8.68. The standard InChI is InChI=1S/C19H25N3O2/c1-22(19(23)14-20-13-15-9-10-15)11-5-8-17-12-18(21-24-17)16-6-3-2-4-7-16/h2-4,6-7,12,15,20H,5,8-11,13-14H2,1H3. The van der Waals surface area contributed by atoms with Gasteiger partial charge in [0, 0.05) is 31.6 Å². The van der Waals surface area contributed by atoms with Gasteiger partial charge in [0.05, 0.1) is 6.54 Å². The van der Waals surface area contributed by atoms with Crippen molar-refractivity contribution in [1.82, 2.24) is 15.4 Å². The topological polar surface area (TPSA) is 58.4 Å². The molecule has 0 saturated heterocycles. The van der Waals surface area contributed by atoms with E-state index >= 15 is 0 Å². The Morgan fingerprint density at radius 2 is 2.12 bits per heavy atom. The molecule has 1 heterocycles. The van der Waals surface area contributed by atoms with Crippen LogP contribution < -0.4 is 5.32 Å². The van der Waals surface area contributed by atoms with Gasteiger partial charge < -0.3 is 14.7 Å². The second-order valence-corrected chi connectivity index (χ2v) is 6.54. The van der Waals surface area contributed by atoms with E-state index in [2.05, 4.69) is 10.5 Å². The fourth-order valence-corrected chi connectivity index (χ4v) is 2.63. The van der Waals surface area contributed by atoms with Crippen molar-refractivity contribution >= 4 is 5.91 Å². The van der Waals surface area contributed by atoms with E-state index in [-0.39, 0.29) is 5.91 Å². The normalized spacial score (nSPS) is 13.9. The third-order valence-corrected chi connectivity index (χ3v) is 4.38. The summed E-state index contributed by atoms with van der Waals surface area (Å²) in [5.41, 5.74) is 1.92. The predicted molar refractivity (Wildman–Crippen MR) is 93.5 cm³/mol.